The number of hydrogen-bond donors (Lipinski definition) is 0. The third-order valence-electron chi connectivity index (χ3n) is 5.29. The van der Waals surface area contributed by atoms with Crippen molar-refractivity contribution in [2.75, 3.05) is 0 Å². The molecule has 0 radical (unpaired) electrons. The second-order valence-corrected chi connectivity index (χ2v) is 14.7. The summed E-state index contributed by atoms with van der Waals surface area (Å²) in [6.45, 7) is 4.61. The van der Waals surface area contributed by atoms with Gasteiger partial charge in [0, 0.05) is 0 Å². The Balaban J connectivity index is 1.81. The summed E-state index contributed by atoms with van der Waals surface area (Å²) in [4.78, 5) is 0.560. The molecule has 1 saturated heterocycles. The molecule has 1 nitrogen and oxygen atoms in total. The van der Waals surface area contributed by atoms with Gasteiger partial charge in [-0.3, -0.25) is 0 Å². The molecule has 0 aromatic heterocycles. The molecule has 4 rings (SSSR count). The van der Waals surface area contributed by atoms with Crippen LogP contribution >= 0.6 is 6.04 Å². The van der Waals surface area contributed by atoms with Gasteiger partial charge in [0.2, 0.25) is 0 Å². The number of nitrogens with zero attached hydrogens (tertiary/aromatic N) is 1. The van der Waals surface area contributed by atoms with Crippen molar-refractivity contribution in [3.8, 4) is 6.07 Å². The number of allylic oxidation sites excluding steroid dienone is 2. The van der Waals surface area contributed by atoms with E-state index < -0.39 is 6.04 Å². The van der Waals surface area contributed by atoms with Crippen molar-refractivity contribution in [1.29, 1.82) is 5.26 Å². The van der Waals surface area contributed by atoms with Crippen molar-refractivity contribution in [3.05, 3.63) is 76.9 Å². The Hall–Kier alpha value is -1.16. The van der Waals surface area contributed by atoms with Crippen LogP contribution in [0.25, 0.3) is 0 Å². The van der Waals surface area contributed by atoms with Crippen LogP contribution in [-0.4, -0.2) is 25.2 Å². The molecule has 2 aliphatic rings. The van der Waals surface area contributed by atoms with E-state index in [-0.39, 0.29) is 0 Å². The van der Waals surface area contributed by atoms with Crippen LogP contribution in [0.5, 0.6) is 0 Å². The van der Waals surface area contributed by atoms with E-state index in [1.165, 1.54) is 16.4 Å². The van der Waals surface area contributed by atoms with Crippen LogP contribution in [0.2, 0.25) is 0 Å². The van der Waals surface area contributed by atoms with Crippen LogP contribution in [-0.2, 0) is 11.8 Å². The molecule has 2 aliphatic heterocycles. The monoisotopic (exact) mass is 415 g/mol. The van der Waals surface area contributed by atoms with Gasteiger partial charge in [0.15, 0.2) is 0 Å². The Labute approximate surface area is 154 Å². The topological polar surface area (TPSA) is 23.8 Å². The minimum absolute atomic E-state index is 0.494. The third kappa shape index (κ3) is 2.22. The predicted octanol–water partition coefficient (Wildman–Crippen LogP) is 4.17. The van der Waals surface area contributed by atoms with Crippen LogP contribution in [0.4, 0.5) is 0 Å². The molecule has 0 spiro atoms. The van der Waals surface area contributed by atoms with Crippen molar-refractivity contribution in [2.24, 2.45) is 0 Å². The minimum atomic E-state index is -1.62. The molecule has 2 aromatic carbocycles. The van der Waals surface area contributed by atoms with Crippen LogP contribution in [0.3, 0.4) is 0 Å². The van der Waals surface area contributed by atoms with Gasteiger partial charge in [-0.25, -0.2) is 0 Å². The summed E-state index contributed by atoms with van der Waals surface area (Å²) in [5.74, 6) is 0. The fourth-order valence-electron chi connectivity index (χ4n) is 3.95. The molecule has 0 saturated carbocycles. The first-order valence-electron chi connectivity index (χ1n) is 8.05. The number of hydrogen-bond acceptors (Lipinski definition) is 2. The summed E-state index contributed by atoms with van der Waals surface area (Å²) in [7, 11) is 0. The molecule has 4 heteroatoms. The van der Waals surface area contributed by atoms with Crippen LogP contribution in [0.15, 0.2) is 65.7 Å². The maximum atomic E-state index is 9.04. The molecule has 4 unspecified atom stereocenters. The number of nitriles is 1. The first-order valence-corrected chi connectivity index (χ1v) is 13.0. The van der Waals surface area contributed by atoms with Gasteiger partial charge in [-0.1, -0.05) is 0 Å². The average molecular weight is 414 g/mol. The summed E-state index contributed by atoms with van der Waals surface area (Å²) < 4.78 is 0.605. The van der Waals surface area contributed by atoms with Crippen LogP contribution < -0.4 is 5.30 Å². The summed E-state index contributed by atoms with van der Waals surface area (Å²) in [5.41, 5.74) is 5.72. The Morgan fingerprint density at radius 2 is 1.67 bits per heavy atom. The predicted molar refractivity (Wildman–Crippen MR) is 106 cm³/mol. The summed E-state index contributed by atoms with van der Waals surface area (Å²) in [6.07, 6.45) is 0. The molecule has 2 bridgehead atoms. The van der Waals surface area contributed by atoms with E-state index in [0.29, 0.717) is 30.0 Å². The standard InChI is InChI=1S/C20H18NPSSe/c1-13-14(2)20-22(23,17-6-4-3-5-7-17)18(13)19(24-20)16-10-8-15(12-21)9-11-16/h3-11,18-20H,1-2H3. The number of benzene rings is 2. The van der Waals surface area contributed by atoms with E-state index in [9.17, 15) is 0 Å². The van der Waals surface area contributed by atoms with Gasteiger partial charge >= 0.3 is 155 Å². The van der Waals surface area contributed by atoms with E-state index in [2.05, 4.69) is 62.4 Å². The normalized spacial score (nSPS) is 31.3. The molecular formula is C20H18NPSSe. The molecule has 1 fully saturated rings. The van der Waals surface area contributed by atoms with Crippen LogP contribution in [0.1, 0.15) is 29.8 Å². The van der Waals surface area contributed by atoms with Crippen molar-refractivity contribution in [3.63, 3.8) is 0 Å². The zero-order chi connectivity index (χ0) is 16.9. The SMILES string of the molecule is CC1=C(C)C2C(c3ccc(C#N)cc3)[Se]C1P2(=S)c1ccccc1. The fraction of sp³-hybridized carbons (Fsp3) is 0.250. The number of fused-ring (bicyclic) bond motifs is 2. The van der Waals surface area contributed by atoms with Gasteiger partial charge in [0.1, 0.15) is 0 Å². The van der Waals surface area contributed by atoms with Gasteiger partial charge in [-0.05, 0) is 0 Å². The van der Waals surface area contributed by atoms with E-state index in [1.807, 2.05) is 12.1 Å². The Morgan fingerprint density at radius 3 is 2.29 bits per heavy atom. The fourth-order valence-corrected chi connectivity index (χ4v) is 18.5. The average Bonchev–Trinajstić information content (AvgIpc) is 3.04. The van der Waals surface area contributed by atoms with Crippen molar-refractivity contribution >= 4 is 38.1 Å². The van der Waals surface area contributed by atoms with E-state index in [0.717, 1.165) is 5.56 Å². The summed E-state index contributed by atoms with van der Waals surface area (Å²) in [6, 6.07) is 19.7. The molecule has 2 heterocycles. The Morgan fingerprint density at radius 1 is 1.00 bits per heavy atom. The van der Waals surface area contributed by atoms with Crippen molar-refractivity contribution in [2.45, 2.75) is 28.9 Å². The van der Waals surface area contributed by atoms with Gasteiger partial charge in [-0.15, -0.1) is 0 Å². The molecule has 4 atom stereocenters. The molecular weight excluding hydrogens is 396 g/mol. The van der Waals surface area contributed by atoms with Crippen molar-refractivity contribution < 1.29 is 0 Å². The summed E-state index contributed by atoms with van der Waals surface area (Å²) in [5, 5.41) is 10.4. The Bertz CT molecular complexity index is 911. The first-order chi connectivity index (χ1) is 11.6. The van der Waals surface area contributed by atoms with E-state index in [4.69, 9.17) is 17.1 Å². The second kappa shape index (κ2) is 5.98. The second-order valence-electron chi connectivity index (χ2n) is 6.50. The quantitative estimate of drug-likeness (QED) is 0.419. The van der Waals surface area contributed by atoms with E-state index in [1.54, 1.807) is 5.57 Å². The summed E-state index contributed by atoms with van der Waals surface area (Å²) >= 11 is 6.95. The molecule has 0 amide bonds. The zero-order valence-electron chi connectivity index (χ0n) is 13.6. The van der Waals surface area contributed by atoms with Gasteiger partial charge < -0.3 is 0 Å². The van der Waals surface area contributed by atoms with Gasteiger partial charge in [0.05, 0.1) is 0 Å². The molecule has 2 aromatic rings. The van der Waals surface area contributed by atoms with Crippen molar-refractivity contribution in [1.82, 2.24) is 0 Å². The van der Waals surface area contributed by atoms with E-state index >= 15 is 0 Å². The molecule has 0 aliphatic carbocycles. The first kappa shape index (κ1) is 16.3. The van der Waals surface area contributed by atoms with Gasteiger partial charge in [0.25, 0.3) is 0 Å². The third-order valence-corrected chi connectivity index (χ3v) is 18.1. The zero-order valence-corrected chi connectivity index (χ0v) is 17.1. The van der Waals surface area contributed by atoms with Crippen LogP contribution in [0, 0.1) is 11.3 Å². The molecule has 120 valence electrons. The Kier molecular flexibility index (Phi) is 4.06. The maximum absolute atomic E-state index is 9.04. The number of rotatable bonds is 2. The molecule has 0 N–H and O–H groups in total. The van der Waals surface area contributed by atoms with Gasteiger partial charge in [-0.2, -0.15) is 0 Å². The molecule has 24 heavy (non-hydrogen) atoms.